The fraction of sp³-hybridized carbons (Fsp3) is 0.0769. The van der Waals surface area contributed by atoms with E-state index in [1.807, 2.05) is 49.5 Å². The number of hydrogen-bond donors (Lipinski definition) is 3. The summed E-state index contributed by atoms with van der Waals surface area (Å²) in [7, 11) is 0. The lowest BCUT2D eigenvalue weighted by Crippen LogP contribution is -2.23. The van der Waals surface area contributed by atoms with Crippen molar-refractivity contribution >= 4 is 29.2 Å². The maximum atomic E-state index is 5.12. The molecule has 1 aromatic carbocycles. The van der Waals surface area contributed by atoms with Gasteiger partial charge in [-0.25, -0.2) is 0 Å². The monoisotopic (exact) mass is 258 g/mol. The van der Waals surface area contributed by atoms with Gasteiger partial charge in [0.1, 0.15) is 0 Å². The van der Waals surface area contributed by atoms with Gasteiger partial charge in [-0.05, 0) is 43.4 Å². The molecule has 2 aromatic rings. The highest BCUT2D eigenvalue weighted by Crippen LogP contribution is 2.07. The molecule has 0 saturated carbocycles. The van der Waals surface area contributed by atoms with Gasteiger partial charge in [-0.2, -0.15) is 5.10 Å². The number of aryl methyl sites for hydroxylation is 1. The lowest BCUT2D eigenvalue weighted by molar-refractivity contribution is 1.05. The molecule has 0 radical (unpaired) electrons. The number of rotatable bonds is 3. The molecular formula is C13H14N4S. The van der Waals surface area contributed by atoms with Gasteiger partial charge < -0.3 is 10.3 Å². The molecule has 0 fully saturated rings. The Kier molecular flexibility index (Phi) is 4.09. The molecule has 0 aliphatic rings. The van der Waals surface area contributed by atoms with Gasteiger partial charge in [0.2, 0.25) is 0 Å². The molecular weight excluding hydrogens is 244 g/mol. The average Bonchev–Trinajstić information content (AvgIpc) is 2.85. The van der Waals surface area contributed by atoms with E-state index in [4.69, 9.17) is 12.2 Å². The van der Waals surface area contributed by atoms with Crippen molar-refractivity contribution in [3.05, 3.63) is 53.9 Å². The largest absolute Gasteiger partial charge is 0.360 e. The fourth-order valence-electron chi connectivity index (χ4n) is 1.38. The lowest BCUT2D eigenvalue weighted by Gasteiger charge is -2.06. The average molecular weight is 258 g/mol. The van der Waals surface area contributed by atoms with Crippen molar-refractivity contribution in [1.82, 2.24) is 10.4 Å². The number of benzene rings is 1. The topological polar surface area (TPSA) is 52.2 Å². The molecule has 2 rings (SSSR count). The second-order valence-electron chi connectivity index (χ2n) is 3.82. The molecule has 18 heavy (non-hydrogen) atoms. The lowest BCUT2D eigenvalue weighted by atomic mass is 10.2. The summed E-state index contributed by atoms with van der Waals surface area (Å²) in [6.45, 7) is 2.04. The summed E-state index contributed by atoms with van der Waals surface area (Å²) in [4.78, 5) is 3.01. The Balaban J connectivity index is 1.84. The zero-order chi connectivity index (χ0) is 12.8. The van der Waals surface area contributed by atoms with Crippen LogP contribution in [-0.4, -0.2) is 16.3 Å². The quantitative estimate of drug-likeness (QED) is 0.451. The van der Waals surface area contributed by atoms with Crippen LogP contribution in [0.5, 0.6) is 0 Å². The molecule has 1 aromatic heterocycles. The molecule has 4 nitrogen and oxygen atoms in total. The van der Waals surface area contributed by atoms with Gasteiger partial charge in [0, 0.05) is 11.9 Å². The van der Waals surface area contributed by atoms with Crippen LogP contribution in [0.4, 0.5) is 5.69 Å². The molecule has 0 aliphatic heterocycles. The van der Waals surface area contributed by atoms with E-state index in [1.54, 1.807) is 6.21 Å². The van der Waals surface area contributed by atoms with Crippen molar-refractivity contribution in [2.75, 3.05) is 5.32 Å². The number of thiocarbonyl (C=S) groups is 1. The van der Waals surface area contributed by atoms with Crippen molar-refractivity contribution < 1.29 is 0 Å². The first-order chi connectivity index (χ1) is 8.74. The zero-order valence-corrected chi connectivity index (χ0v) is 10.8. The molecule has 0 atom stereocenters. The maximum Gasteiger partial charge on any atom is 0.191 e. The maximum absolute atomic E-state index is 5.12. The van der Waals surface area contributed by atoms with Gasteiger partial charge in [0.05, 0.1) is 11.9 Å². The van der Waals surface area contributed by atoms with Gasteiger partial charge in [0.25, 0.3) is 0 Å². The first kappa shape index (κ1) is 12.3. The van der Waals surface area contributed by atoms with E-state index in [-0.39, 0.29) is 0 Å². The number of hydrogen-bond acceptors (Lipinski definition) is 2. The van der Waals surface area contributed by atoms with Crippen molar-refractivity contribution in [1.29, 1.82) is 0 Å². The van der Waals surface area contributed by atoms with Crippen LogP contribution in [0.2, 0.25) is 0 Å². The van der Waals surface area contributed by atoms with Crippen molar-refractivity contribution in [2.24, 2.45) is 5.10 Å². The van der Waals surface area contributed by atoms with Gasteiger partial charge in [0.15, 0.2) is 5.11 Å². The van der Waals surface area contributed by atoms with E-state index in [0.29, 0.717) is 5.11 Å². The Morgan fingerprint density at radius 2 is 2.06 bits per heavy atom. The van der Waals surface area contributed by atoms with Gasteiger partial charge >= 0.3 is 0 Å². The Morgan fingerprint density at radius 3 is 2.72 bits per heavy atom. The summed E-state index contributed by atoms with van der Waals surface area (Å²) in [5.41, 5.74) is 5.82. The molecule has 1 heterocycles. The van der Waals surface area contributed by atoms with E-state index in [0.717, 1.165) is 11.4 Å². The summed E-state index contributed by atoms with van der Waals surface area (Å²) in [5, 5.41) is 7.52. The van der Waals surface area contributed by atoms with Crippen LogP contribution in [0.25, 0.3) is 0 Å². The first-order valence-corrected chi connectivity index (χ1v) is 5.95. The summed E-state index contributed by atoms with van der Waals surface area (Å²) in [6.07, 6.45) is 3.51. The highest BCUT2D eigenvalue weighted by Gasteiger charge is 1.95. The fourth-order valence-corrected chi connectivity index (χ4v) is 1.55. The van der Waals surface area contributed by atoms with Gasteiger partial charge in [-0.15, -0.1) is 0 Å². The summed E-state index contributed by atoms with van der Waals surface area (Å²) in [6, 6.07) is 11.8. The van der Waals surface area contributed by atoms with Gasteiger partial charge in [-0.3, -0.25) is 5.43 Å². The normalized spacial score (nSPS) is 10.5. The van der Waals surface area contributed by atoms with Crippen LogP contribution in [0.15, 0.2) is 47.7 Å². The summed E-state index contributed by atoms with van der Waals surface area (Å²) < 4.78 is 0. The second-order valence-corrected chi connectivity index (χ2v) is 4.22. The molecule has 0 aliphatic carbocycles. The molecule has 0 saturated heterocycles. The number of nitrogens with one attached hydrogen (secondary N) is 3. The van der Waals surface area contributed by atoms with Crippen LogP contribution in [0, 0.1) is 6.92 Å². The van der Waals surface area contributed by atoms with Gasteiger partial charge in [-0.1, -0.05) is 17.7 Å². The molecule has 0 amide bonds. The SMILES string of the molecule is Cc1ccc(NC(=S)N/N=C/c2ccc[nH]2)cc1. The van der Waals surface area contributed by atoms with E-state index < -0.39 is 0 Å². The number of H-pyrrole nitrogens is 1. The van der Waals surface area contributed by atoms with E-state index in [1.165, 1.54) is 5.56 Å². The number of aromatic nitrogens is 1. The van der Waals surface area contributed by atoms with Crippen molar-refractivity contribution in [3.63, 3.8) is 0 Å². The first-order valence-electron chi connectivity index (χ1n) is 5.54. The molecule has 0 unspecified atom stereocenters. The third-order valence-corrected chi connectivity index (χ3v) is 2.49. The summed E-state index contributed by atoms with van der Waals surface area (Å²) >= 11 is 5.12. The Bertz CT molecular complexity index is 529. The van der Waals surface area contributed by atoms with Crippen molar-refractivity contribution in [2.45, 2.75) is 6.92 Å². The third-order valence-electron chi connectivity index (χ3n) is 2.30. The molecule has 0 spiro atoms. The minimum absolute atomic E-state index is 0.460. The Hall–Kier alpha value is -2.14. The highest BCUT2D eigenvalue weighted by molar-refractivity contribution is 7.80. The van der Waals surface area contributed by atoms with Crippen LogP contribution in [0.3, 0.4) is 0 Å². The number of anilines is 1. The van der Waals surface area contributed by atoms with Crippen LogP contribution < -0.4 is 10.7 Å². The Labute approximate surface area is 111 Å². The molecule has 3 N–H and O–H groups in total. The van der Waals surface area contributed by atoms with Crippen molar-refractivity contribution in [3.8, 4) is 0 Å². The Morgan fingerprint density at radius 1 is 1.28 bits per heavy atom. The standard InChI is InChI=1S/C13H14N4S/c1-10-4-6-11(7-5-10)16-13(18)17-15-9-12-3-2-8-14-12/h2-9,14H,1H3,(H2,16,17,18)/b15-9+. The van der Waals surface area contributed by atoms with Crippen LogP contribution in [-0.2, 0) is 0 Å². The molecule has 5 heteroatoms. The highest BCUT2D eigenvalue weighted by atomic mass is 32.1. The van der Waals surface area contributed by atoms with E-state index >= 15 is 0 Å². The smallest absolute Gasteiger partial charge is 0.191 e. The van der Waals surface area contributed by atoms with Crippen LogP contribution >= 0.6 is 12.2 Å². The van der Waals surface area contributed by atoms with E-state index in [9.17, 15) is 0 Å². The third kappa shape index (κ3) is 3.71. The summed E-state index contributed by atoms with van der Waals surface area (Å²) in [5.74, 6) is 0. The minimum atomic E-state index is 0.460. The molecule has 92 valence electrons. The number of nitrogens with zero attached hydrogens (tertiary/aromatic N) is 1. The number of hydrazone groups is 1. The number of aromatic amines is 1. The second kappa shape index (κ2) is 5.97. The van der Waals surface area contributed by atoms with Crippen LogP contribution in [0.1, 0.15) is 11.3 Å². The molecule has 0 bridgehead atoms. The zero-order valence-electron chi connectivity index (χ0n) is 9.97. The van der Waals surface area contributed by atoms with E-state index in [2.05, 4.69) is 20.8 Å². The predicted octanol–water partition coefficient (Wildman–Crippen LogP) is 2.64. The minimum Gasteiger partial charge on any atom is -0.360 e. The predicted molar refractivity (Wildman–Crippen MR) is 78.9 cm³/mol.